The van der Waals surface area contributed by atoms with Gasteiger partial charge in [0, 0.05) is 12.2 Å². The number of benzene rings is 2. The van der Waals surface area contributed by atoms with Gasteiger partial charge in [-0.3, -0.25) is 4.79 Å². The molecule has 0 bridgehead atoms. The van der Waals surface area contributed by atoms with E-state index in [1.54, 1.807) is 17.9 Å². The summed E-state index contributed by atoms with van der Waals surface area (Å²) in [5.41, 5.74) is 1.38. The molecule has 2 N–H and O–H groups in total. The fourth-order valence-corrected chi connectivity index (χ4v) is 2.19. The van der Waals surface area contributed by atoms with E-state index in [2.05, 4.69) is 20.7 Å². The number of para-hydroxylation sites is 1. The van der Waals surface area contributed by atoms with Gasteiger partial charge in [0.05, 0.1) is 11.3 Å². The molecule has 0 aliphatic heterocycles. The van der Waals surface area contributed by atoms with E-state index in [1.807, 2.05) is 30.3 Å². The molecule has 0 unspecified atom stereocenters. The van der Waals surface area contributed by atoms with Crippen LogP contribution in [-0.4, -0.2) is 27.2 Å². The molecule has 1 amide bonds. The smallest absolute Gasteiger partial charge is 0.254 e. The third-order valence-corrected chi connectivity index (χ3v) is 3.32. The molecule has 0 spiro atoms. The molecule has 0 aliphatic rings. The Morgan fingerprint density at radius 1 is 1.21 bits per heavy atom. The van der Waals surface area contributed by atoms with Gasteiger partial charge in [0.15, 0.2) is 0 Å². The molecule has 3 rings (SSSR count). The second-order valence-corrected chi connectivity index (χ2v) is 5.03. The largest absolute Gasteiger partial charge is 0.352 e. The number of nitrogens with one attached hydrogen (secondary N) is 2. The molecule has 6 nitrogen and oxygen atoms in total. The number of nitrogens with zero attached hydrogens (tertiary/aromatic N) is 3. The van der Waals surface area contributed by atoms with Gasteiger partial charge in [0.25, 0.3) is 5.91 Å². The molecule has 7 heteroatoms. The van der Waals surface area contributed by atoms with Gasteiger partial charge < -0.3 is 10.6 Å². The van der Waals surface area contributed by atoms with Gasteiger partial charge in [-0.2, -0.15) is 4.98 Å². The van der Waals surface area contributed by atoms with Crippen LogP contribution in [0.1, 0.15) is 17.3 Å². The zero-order valence-electron chi connectivity index (χ0n) is 13.0. The number of anilines is 2. The lowest BCUT2D eigenvalue weighted by Gasteiger charge is -2.07. The fraction of sp³-hybridized carbons (Fsp3) is 0.118. The van der Waals surface area contributed by atoms with Crippen molar-refractivity contribution in [1.82, 2.24) is 20.1 Å². The van der Waals surface area contributed by atoms with Gasteiger partial charge in [0.1, 0.15) is 12.1 Å². The lowest BCUT2D eigenvalue weighted by atomic mass is 10.1. The molecule has 0 saturated carbocycles. The lowest BCUT2D eigenvalue weighted by molar-refractivity contribution is 0.0952. The number of rotatable bonds is 5. The fourth-order valence-electron chi connectivity index (χ4n) is 2.19. The first-order valence-corrected chi connectivity index (χ1v) is 7.49. The van der Waals surface area contributed by atoms with Crippen molar-refractivity contribution in [2.45, 2.75) is 6.92 Å². The first-order chi connectivity index (χ1) is 11.7. The van der Waals surface area contributed by atoms with E-state index < -0.39 is 11.7 Å². The number of carbonyl (C=O) groups is 1. The monoisotopic (exact) mass is 325 g/mol. The van der Waals surface area contributed by atoms with E-state index in [9.17, 15) is 9.18 Å². The molecule has 0 aliphatic carbocycles. The Morgan fingerprint density at radius 2 is 2.00 bits per heavy atom. The number of aromatic nitrogens is 3. The molecule has 2 aromatic carbocycles. The summed E-state index contributed by atoms with van der Waals surface area (Å²) in [7, 11) is 0. The first kappa shape index (κ1) is 15.7. The summed E-state index contributed by atoms with van der Waals surface area (Å²) < 4.78 is 15.4. The standard InChI is InChI=1S/C17H16FN5O/c1-2-19-16(24)14-10-12(8-9-15(14)18)21-17-20-11-23(22-17)13-6-4-3-5-7-13/h3-11H,2H2,1H3,(H,19,24)(H,21,22). The van der Waals surface area contributed by atoms with Crippen LogP contribution in [0.15, 0.2) is 54.9 Å². The number of amides is 1. The first-order valence-electron chi connectivity index (χ1n) is 7.49. The Bertz CT molecular complexity index is 847. The van der Waals surface area contributed by atoms with Crippen molar-refractivity contribution < 1.29 is 9.18 Å². The van der Waals surface area contributed by atoms with E-state index >= 15 is 0 Å². The van der Waals surface area contributed by atoms with Crippen LogP contribution in [0.3, 0.4) is 0 Å². The summed E-state index contributed by atoms with van der Waals surface area (Å²) in [6.45, 7) is 2.21. The maximum atomic E-state index is 13.8. The lowest BCUT2D eigenvalue weighted by Crippen LogP contribution is -2.23. The van der Waals surface area contributed by atoms with Crippen LogP contribution in [0.25, 0.3) is 5.69 Å². The third kappa shape index (κ3) is 3.40. The number of halogens is 1. The van der Waals surface area contributed by atoms with Gasteiger partial charge >= 0.3 is 0 Å². The Labute approximate surface area is 138 Å². The Kier molecular flexibility index (Phi) is 4.51. The van der Waals surface area contributed by atoms with Crippen LogP contribution >= 0.6 is 0 Å². The average molecular weight is 325 g/mol. The van der Waals surface area contributed by atoms with E-state index in [4.69, 9.17) is 0 Å². The van der Waals surface area contributed by atoms with Crippen LogP contribution < -0.4 is 10.6 Å². The number of hydrogen-bond acceptors (Lipinski definition) is 4. The molecular weight excluding hydrogens is 309 g/mol. The minimum Gasteiger partial charge on any atom is -0.352 e. The quantitative estimate of drug-likeness (QED) is 0.756. The van der Waals surface area contributed by atoms with E-state index in [1.165, 1.54) is 18.2 Å². The highest BCUT2D eigenvalue weighted by molar-refractivity contribution is 5.95. The van der Waals surface area contributed by atoms with Gasteiger partial charge in [0.2, 0.25) is 5.95 Å². The minimum atomic E-state index is -0.575. The molecule has 1 aromatic heterocycles. The molecule has 0 radical (unpaired) electrons. The van der Waals surface area contributed by atoms with Gasteiger partial charge in [-0.15, -0.1) is 5.10 Å². The molecular formula is C17H16FN5O. The van der Waals surface area contributed by atoms with E-state index in [0.29, 0.717) is 18.2 Å². The summed E-state index contributed by atoms with van der Waals surface area (Å²) in [4.78, 5) is 16.0. The van der Waals surface area contributed by atoms with Gasteiger partial charge in [-0.1, -0.05) is 18.2 Å². The zero-order chi connectivity index (χ0) is 16.9. The van der Waals surface area contributed by atoms with Gasteiger partial charge in [-0.25, -0.2) is 9.07 Å². The van der Waals surface area contributed by atoms with Gasteiger partial charge in [-0.05, 0) is 37.3 Å². The molecule has 3 aromatic rings. The van der Waals surface area contributed by atoms with Crippen molar-refractivity contribution >= 4 is 17.5 Å². The Balaban J connectivity index is 1.81. The predicted octanol–water partition coefficient (Wildman–Crippen LogP) is 2.90. The minimum absolute atomic E-state index is 0.0238. The third-order valence-electron chi connectivity index (χ3n) is 3.32. The predicted molar refractivity (Wildman–Crippen MR) is 89.0 cm³/mol. The maximum absolute atomic E-state index is 13.8. The number of carbonyl (C=O) groups excluding carboxylic acids is 1. The number of hydrogen-bond donors (Lipinski definition) is 2. The topological polar surface area (TPSA) is 71.8 Å². The van der Waals surface area contributed by atoms with Crippen molar-refractivity contribution in [3.05, 3.63) is 66.2 Å². The Hall–Kier alpha value is -3.22. The van der Waals surface area contributed by atoms with Crippen LogP contribution in [0.2, 0.25) is 0 Å². The van der Waals surface area contributed by atoms with Crippen LogP contribution in [-0.2, 0) is 0 Å². The summed E-state index contributed by atoms with van der Waals surface area (Å²) in [6.07, 6.45) is 1.58. The zero-order valence-corrected chi connectivity index (χ0v) is 13.0. The molecule has 1 heterocycles. The maximum Gasteiger partial charge on any atom is 0.254 e. The van der Waals surface area contributed by atoms with Crippen LogP contribution in [0.4, 0.5) is 16.0 Å². The second-order valence-electron chi connectivity index (χ2n) is 5.03. The molecule has 0 atom stereocenters. The van der Waals surface area contributed by atoms with E-state index in [0.717, 1.165) is 5.69 Å². The van der Waals surface area contributed by atoms with Crippen molar-refractivity contribution in [2.75, 3.05) is 11.9 Å². The van der Waals surface area contributed by atoms with Crippen molar-refractivity contribution in [3.63, 3.8) is 0 Å². The van der Waals surface area contributed by atoms with Crippen molar-refractivity contribution in [3.8, 4) is 5.69 Å². The molecule has 0 fully saturated rings. The van der Waals surface area contributed by atoms with Crippen molar-refractivity contribution in [2.24, 2.45) is 0 Å². The average Bonchev–Trinajstić information content (AvgIpc) is 3.06. The normalized spacial score (nSPS) is 10.4. The van der Waals surface area contributed by atoms with Crippen LogP contribution in [0.5, 0.6) is 0 Å². The van der Waals surface area contributed by atoms with E-state index in [-0.39, 0.29) is 5.56 Å². The highest BCUT2D eigenvalue weighted by Crippen LogP contribution is 2.18. The van der Waals surface area contributed by atoms with Crippen LogP contribution in [0, 0.1) is 5.82 Å². The molecule has 122 valence electrons. The summed E-state index contributed by atoms with van der Waals surface area (Å²) in [5.74, 6) is -0.678. The SMILES string of the molecule is CCNC(=O)c1cc(Nc2ncn(-c3ccccc3)n2)ccc1F. The summed E-state index contributed by atoms with van der Waals surface area (Å²) in [6, 6.07) is 13.7. The molecule has 24 heavy (non-hydrogen) atoms. The highest BCUT2D eigenvalue weighted by atomic mass is 19.1. The van der Waals surface area contributed by atoms with Crippen molar-refractivity contribution in [1.29, 1.82) is 0 Å². The summed E-state index contributed by atoms with van der Waals surface area (Å²) >= 11 is 0. The highest BCUT2D eigenvalue weighted by Gasteiger charge is 2.12. The second kappa shape index (κ2) is 6.91. The summed E-state index contributed by atoms with van der Waals surface area (Å²) in [5, 5.41) is 9.86. The molecule has 0 saturated heterocycles. The Morgan fingerprint density at radius 3 is 2.75 bits per heavy atom.